The molecule has 1 heterocycles. The van der Waals surface area contributed by atoms with E-state index in [4.69, 9.17) is 0 Å². The summed E-state index contributed by atoms with van der Waals surface area (Å²) in [6.07, 6.45) is 6.16. The number of rotatable bonds is 4. The van der Waals surface area contributed by atoms with Crippen LogP contribution in [0.3, 0.4) is 0 Å². The molecule has 0 amide bonds. The van der Waals surface area contributed by atoms with Crippen LogP contribution in [0.1, 0.15) is 62.6 Å². The van der Waals surface area contributed by atoms with E-state index in [2.05, 4.69) is 23.9 Å². The molecule has 4 heteroatoms. The van der Waals surface area contributed by atoms with Crippen molar-refractivity contribution in [1.29, 1.82) is 0 Å². The zero-order chi connectivity index (χ0) is 14.0. The molecule has 1 saturated carbocycles. The molecule has 0 radical (unpaired) electrons. The predicted molar refractivity (Wildman–Crippen MR) is 81.9 cm³/mol. The van der Waals surface area contributed by atoms with Gasteiger partial charge in [0.25, 0.3) is 0 Å². The molecule has 1 atom stereocenters. The zero-order valence-electron chi connectivity index (χ0n) is 12.5. The van der Waals surface area contributed by atoms with Crippen LogP contribution in [0.5, 0.6) is 0 Å². The van der Waals surface area contributed by atoms with Gasteiger partial charge in [0.15, 0.2) is 5.13 Å². The first kappa shape index (κ1) is 14.8. The van der Waals surface area contributed by atoms with Gasteiger partial charge in [0.1, 0.15) is 0 Å². The van der Waals surface area contributed by atoms with Gasteiger partial charge in [0.2, 0.25) is 0 Å². The summed E-state index contributed by atoms with van der Waals surface area (Å²) in [5, 5.41) is 10.8. The van der Waals surface area contributed by atoms with E-state index in [0.717, 1.165) is 21.6 Å². The third kappa shape index (κ3) is 3.29. The minimum Gasteiger partial charge on any atom is -0.388 e. The van der Waals surface area contributed by atoms with Crippen LogP contribution in [-0.4, -0.2) is 23.2 Å². The van der Waals surface area contributed by atoms with Crippen molar-refractivity contribution >= 4 is 16.5 Å². The molecule has 1 fully saturated rings. The molecule has 0 aromatic carbocycles. The summed E-state index contributed by atoms with van der Waals surface area (Å²) in [7, 11) is 2.15. The summed E-state index contributed by atoms with van der Waals surface area (Å²) in [4.78, 5) is 7.96. The Labute approximate surface area is 120 Å². The smallest absolute Gasteiger partial charge is 0.185 e. The summed E-state index contributed by atoms with van der Waals surface area (Å²) < 4.78 is 0. The summed E-state index contributed by atoms with van der Waals surface area (Å²) in [6, 6.07) is 0.621. The molecule has 0 saturated heterocycles. The van der Waals surface area contributed by atoms with Crippen LogP contribution in [0.15, 0.2) is 0 Å². The maximum absolute atomic E-state index is 9.73. The van der Waals surface area contributed by atoms with Crippen molar-refractivity contribution in [3.05, 3.63) is 10.6 Å². The van der Waals surface area contributed by atoms with E-state index in [1.165, 1.54) is 32.1 Å². The van der Waals surface area contributed by atoms with Crippen molar-refractivity contribution in [3.63, 3.8) is 0 Å². The van der Waals surface area contributed by atoms with Gasteiger partial charge in [-0.2, -0.15) is 0 Å². The molecule has 1 aromatic rings. The Bertz CT molecular complexity index is 408. The number of nitrogens with zero attached hydrogens (tertiary/aromatic N) is 2. The predicted octanol–water partition coefficient (Wildman–Crippen LogP) is 3.91. The highest BCUT2D eigenvalue weighted by Gasteiger charge is 2.25. The van der Waals surface area contributed by atoms with E-state index in [0.29, 0.717) is 6.04 Å². The molecular weight excluding hydrogens is 256 g/mol. The average molecular weight is 282 g/mol. The highest BCUT2D eigenvalue weighted by Crippen LogP contribution is 2.35. The lowest BCUT2D eigenvalue weighted by molar-refractivity contribution is 0.202. The third-order valence-electron chi connectivity index (χ3n) is 4.44. The molecule has 108 valence electrons. The fraction of sp³-hybridized carbons (Fsp3) is 0.800. The second-order valence-electron chi connectivity index (χ2n) is 5.82. The maximum Gasteiger partial charge on any atom is 0.185 e. The van der Waals surface area contributed by atoms with Gasteiger partial charge < -0.3 is 10.0 Å². The lowest BCUT2D eigenvalue weighted by Gasteiger charge is -2.34. The Kier molecular flexibility index (Phi) is 4.85. The van der Waals surface area contributed by atoms with Gasteiger partial charge in [0.05, 0.1) is 16.7 Å². The molecular formula is C15H26N2OS. The van der Waals surface area contributed by atoms with E-state index < -0.39 is 6.10 Å². The van der Waals surface area contributed by atoms with E-state index in [1.807, 2.05) is 13.8 Å². The first-order valence-corrected chi connectivity index (χ1v) is 8.22. The number of thiazole rings is 1. The first-order valence-electron chi connectivity index (χ1n) is 7.41. The van der Waals surface area contributed by atoms with Gasteiger partial charge in [-0.25, -0.2) is 4.98 Å². The van der Waals surface area contributed by atoms with Gasteiger partial charge in [-0.1, -0.05) is 24.7 Å². The van der Waals surface area contributed by atoms with Crippen LogP contribution in [0, 0.1) is 12.8 Å². The Morgan fingerprint density at radius 2 is 2.00 bits per heavy atom. The average Bonchev–Trinajstić information content (AvgIpc) is 2.80. The van der Waals surface area contributed by atoms with Gasteiger partial charge in [0, 0.05) is 13.1 Å². The summed E-state index contributed by atoms with van der Waals surface area (Å²) in [5.74, 6) is 0.927. The molecule has 3 nitrogen and oxygen atoms in total. The van der Waals surface area contributed by atoms with Crippen molar-refractivity contribution < 1.29 is 5.11 Å². The topological polar surface area (TPSA) is 36.4 Å². The summed E-state index contributed by atoms with van der Waals surface area (Å²) in [6.45, 7) is 6.11. The van der Waals surface area contributed by atoms with Crippen molar-refractivity contribution in [2.24, 2.45) is 5.92 Å². The van der Waals surface area contributed by atoms with E-state index in [9.17, 15) is 5.11 Å². The lowest BCUT2D eigenvalue weighted by Crippen LogP contribution is -2.35. The molecule has 1 unspecified atom stereocenters. The first-order chi connectivity index (χ1) is 9.02. The number of anilines is 1. The molecule has 0 bridgehead atoms. The number of hydrogen-bond donors (Lipinski definition) is 1. The molecule has 0 spiro atoms. The molecule has 0 aliphatic heterocycles. The number of aliphatic hydroxyl groups excluding tert-OH is 1. The third-order valence-corrected chi connectivity index (χ3v) is 5.86. The molecule has 1 aliphatic carbocycles. The fourth-order valence-electron chi connectivity index (χ4n) is 3.03. The van der Waals surface area contributed by atoms with Crippen molar-refractivity contribution in [2.45, 2.75) is 65.0 Å². The van der Waals surface area contributed by atoms with Crippen LogP contribution in [-0.2, 0) is 0 Å². The van der Waals surface area contributed by atoms with Crippen molar-refractivity contribution in [1.82, 2.24) is 4.98 Å². The van der Waals surface area contributed by atoms with Crippen LogP contribution in [0.25, 0.3) is 0 Å². The maximum atomic E-state index is 9.73. The fourth-order valence-corrected chi connectivity index (χ4v) is 4.06. The normalized spacial score (nSPS) is 25.3. The number of aliphatic hydroxyl groups is 1. The standard InChI is InChI=1S/C15H26N2OS/c1-5-12-6-8-13(9-7-12)17(4)15-16-10(2)14(19-15)11(3)18/h11-13,18H,5-9H2,1-4H3. The molecule has 1 aliphatic rings. The zero-order valence-corrected chi connectivity index (χ0v) is 13.3. The van der Waals surface area contributed by atoms with Gasteiger partial charge in [-0.05, 0) is 45.4 Å². The van der Waals surface area contributed by atoms with Gasteiger partial charge >= 0.3 is 0 Å². The number of aryl methyl sites for hydroxylation is 1. The SMILES string of the molecule is CCC1CCC(N(C)c2nc(C)c(C(C)O)s2)CC1. The van der Waals surface area contributed by atoms with E-state index >= 15 is 0 Å². The summed E-state index contributed by atoms with van der Waals surface area (Å²) >= 11 is 1.64. The quantitative estimate of drug-likeness (QED) is 0.909. The van der Waals surface area contributed by atoms with Gasteiger partial charge in [-0.3, -0.25) is 0 Å². The van der Waals surface area contributed by atoms with E-state index in [-0.39, 0.29) is 0 Å². The molecule has 1 N–H and O–H groups in total. The van der Waals surface area contributed by atoms with Crippen molar-refractivity contribution in [2.75, 3.05) is 11.9 Å². The molecule has 2 rings (SSSR count). The monoisotopic (exact) mass is 282 g/mol. The largest absolute Gasteiger partial charge is 0.388 e. The molecule has 19 heavy (non-hydrogen) atoms. The van der Waals surface area contributed by atoms with Gasteiger partial charge in [-0.15, -0.1) is 0 Å². The minimum absolute atomic E-state index is 0.407. The second-order valence-corrected chi connectivity index (χ2v) is 6.82. The van der Waals surface area contributed by atoms with Crippen LogP contribution in [0.4, 0.5) is 5.13 Å². The lowest BCUT2D eigenvalue weighted by atomic mass is 9.84. The minimum atomic E-state index is -0.407. The summed E-state index contributed by atoms with van der Waals surface area (Å²) in [5.41, 5.74) is 0.976. The van der Waals surface area contributed by atoms with Crippen molar-refractivity contribution in [3.8, 4) is 0 Å². The Morgan fingerprint density at radius 3 is 2.47 bits per heavy atom. The second kappa shape index (κ2) is 6.23. The van der Waals surface area contributed by atoms with Crippen LogP contribution >= 0.6 is 11.3 Å². The molecule has 1 aromatic heterocycles. The highest BCUT2D eigenvalue weighted by molar-refractivity contribution is 7.15. The van der Waals surface area contributed by atoms with E-state index in [1.54, 1.807) is 11.3 Å². The van der Waals surface area contributed by atoms with Crippen LogP contribution in [0.2, 0.25) is 0 Å². The van der Waals surface area contributed by atoms with Crippen LogP contribution < -0.4 is 4.90 Å². The Hall–Kier alpha value is -0.610. The number of hydrogen-bond acceptors (Lipinski definition) is 4. The number of aromatic nitrogens is 1. The highest BCUT2D eigenvalue weighted by atomic mass is 32.1. The Morgan fingerprint density at radius 1 is 1.37 bits per heavy atom. The Balaban J connectivity index is 2.04.